The van der Waals surface area contributed by atoms with Crippen LogP contribution >= 0.6 is 11.8 Å². The van der Waals surface area contributed by atoms with E-state index in [1.807, 2.05) is 0 Å². The van der Waals surface area contributed by atoms with Crippen molar-refractivity contribution >= 4 is 21.6 Å². The molecular formula is C9H19NO3S2. The average Bonchev–Trinajstić information content (AvgIpc) is 2.63. The number of ether oxygens (including phenoxy) is 1. The van der Waals surface area contributed by atoms with E-state index in [9.17, 15) is 8.42 Å². The van der Waals surface area contributed by atoms with Gasteiger partial charge in [-0.2, -0.15) is 11.8 Å². The highest BCUT2D eigenvalue weighted by atomic mass is 32.2. The van der Waals surface area contributed by atoms with Crippen molar-refractivity contribution in [2.45, 2.75) is 12.5 Å². The molecule has 1 heterocycles. The molecule has 0 aromatic carbocycles. The van der Waals surface area contributed by atoms with Gasteiger partial charge in [0.25, 0.3) is 0 Å². The molecule has 0 radical (unpaired) electrons. The molecule has 4 nitrogen and oxygen atoms in total. The summed E-state index contributed by atoms with van der Waals surface area (Å²) in [6.07, 6.45) is 2.30. The first-order chi connectivity index (χ1) is 6.99. The van der Waals surface area contributed by atoms with Crippen LogP contribution in [0, 0.1) is 5.92 Å². The van der Waals surface area contributed by atoms with E-state index in [1.54, 1.807) is 11.8 Å². The Balaban J connectivity index is 2.09. The van der Waals surface area contributed by atoms with Crippen LogP contribution in [0.15, 0.2) is 0 Å². The van der Waals surface area contributed by atoms with Crippen LogP contribution in [0.4, 0.5) is 0 Å². The summed E-state index contributed by atoms with van der Waals surface area (Å²) in [5, 5.41) is 0. The Morgan fingerprint density at radius 3 is 2.87 bits per heavy atom. The van der Waals surface area contributed by atoms with Crippen molar-refractivity contribution in [3.63, 3.8) is 0 Å². The fourth-order valence-corrected chi connectivity index (χ4v) is 3.85. The van der Waals surface area contributed by atoms with Crippen LogP contribution < -0.4 is 5.73 Å². The van der Waals surface area contributed by atoms with Crippen molar-refractivity contribution in [1.29, 1.82) is 0 Å². The fourth-order valence-electron chi connectivity index (χ4n) is 1.46. The van der Waals surface area contributed by atoms with Gasteiger partial charge in [-0.1, -0.05) is 0 Å². The van der Waals surface area contributed by atoms with E-state index < -0.39 is 9.84 Å². The summed E-state index contributed by atoms with van der Waals surface area (Å²) in [4.78, 5) is 0. The number of hydrogen-bond donors (Lipinski definition) is 1. The third-order valence-corrected chi connectivity index (χ3v) is 4.80. The Kier molecular flexibility index (Phi) is 5.38. The molecule has 15 heavy (non-hydrogen) atoms. The van der Waals surface area contributed by atoms with E-state index in [-0.39, 0.29) is 11.8 Å². The molecule has 1 aliphatic heterocycles. The Morgan fingerprint density at radius 1 is 1.60 bits per heavy atom. The summed E-state index contributed by atoms with van der Waals surface area (Å²) >= 11 is 1.62. The van der Waals surface area contributed by atoms with Crippen LogP contribution in [0.3, 0.4) is 0 Å². The lowest BCUT2D eigenvalue weighted by atomic mass is 10.0. The maximum Gasteiger partial charge on any atom is 0.148 e. The van der Waals surface area contributed by atoms with Crippen molar-refractivity contribution in [3.05, 3.63) is 0 Å². The monoisotopic (exact) mass is 253 g/mol. The Labute approximate surface area is 95.9 Å². The molecule has 0 spiro atoms. The van der Waals surface area contributed by atoms with E-state index in [0.29, 0.717) is 11.7 Å². The van der Waals surface area contributed by atoms with Gasteiger partial charge >= 0.3 is 0 Å². The molecule has 1 rings (SSSR count). The van der Waals surface area contributed by atoms with Crippen molar-refractivity contribution in [1.82, 2.24) is 0 Å². The molecule has 1 saturated heterocycles. The molecule has 0 amide bonds. The predicted octanol–water partition coefficient (Wildman–Crippen LogP) is 0.128. The molecule has 1 aliphatic rings. The fraction of sp³-hybridized carbons (Fsp3) is 1.00. The first-order valence-corrected chi connectivity index (χ1v) is 8.29. The van der Waals surface area contributed by atoms with Crippen molar-refractivity contribution in [3.8, 4) is 0 Å². The molecule has 6 heteroatoms. The van der Waals surface area contributed by atoms with Crippen LogP contribution in [-0.2, 0) is 14.6 Å². The summed E-state index contributed by atoms with van der Waals surface area (Å²) in [5.74, 6) is 2.16. The number of nitrogens with two attached hydrogens (primary N) is 1. The van der Waals surface area contributed by atoms with E-state index in [2.05, 4.69) is 0 Å². The smallest absolute Gasteiger partial charge is 0.148 e. The van der Waals surface area contributed by atoms with Gasteiger partial charge in [-0.05, 0) is 6.42 Å². The summed E-state index contributed by atoms with van der Waals surface area (Å²) in [6, 6.07) is 0.136. The van der Waals surface area contributed by atoms with Crippen LogP contribution in [0.5, 0.6) is 0 Å². The second-order valence-corrected chi connectivity index (χ2v) is 7.40. The van der Waals surface area contributed by atoms with Gasteiger partial charge in [-0.15, -0.1) is 0 Å². The average molecular weight is 253 g/mol. The van der Waals surface area contributed by atoms with Gasteiger partial charge in [0.2, 0.25) is 0 Å². The van der Waals surface area contributed by atoms with E-state index in [4.69, 9.17) is 10.5 Å². The number of thioether (sulfide) groups is 1. The van der Waals surface area contributed by atoms with Crippen LogP contribution in [0.1, 0.15) is 6.42 Å². The molecule has 0 bridgehead atoms. The minimum Gasteiger partial charge on any atom is -0.381 e. The highest BCUT2D eigenvalue weighted by molar-refractivity contribution is 8.00. The van der Waals surface area contributed by atoms with Crippen molar-refractivity contribution in [2.75, 3.05) is 36.7 Å². The number of rotatable bonds is 6. The summed E-state index contributed by atoms with van der Waals surface area (Å²) in [6.45, 7) is 1.57. The Hall–Kier alpha value is 0.220. The summed E-state index contributed by atoms with van der Waals surface area (Å²) in [7, 11) is -2.83. The largest absolute Gasteiger partial charge is 0.381 e. The molecule has 0 aromatic rings. The first kappa shape index (κ1) is 13.3. The highest BCUT2D eigenvalue weighted by Crippen LogP contribution is 2.18. The molecule has 1 fully saturated rings. The van der Waals surface area contributed by atoms with Crippen molar-refractivity contribution in [2.24, 2.45) is 11.7 Å². The SMILES string of the molecule is CS(=O)(=O)CCSCC(N)C1CCOC1. The Bertz CT molecular complexity index is 273. The lowest BCUT2D eigenvalue weighted by Gasteiger charge is -2.16. The molecule has 0 saturated carbocycles. The lowest BCUT2D eigenvalue weighted by molar-refractivity contribution is 0.182. The van der Waals surface area contributed by atoms with Gasteiger partial charge in [0.15, 0.2) is 0 Å². The topological polar surface area (TPSA) is 69.4 Å². The van der Waals surface area contributed by atoms with Crippen molar-refractivity contribution < 1.29 is 13.2 Å². The highest BCUT2D eigenvalue weighted by Gasteiger charge is 2.22. The number of sulfone groups is 1. The van der Waals surface area contributed by atoms with Crippen LogP contribution in [0.25, 0.3) is 0 Å². The molecule has 2 N–H and O–H groups in total. The zero-order valence-corrected chi connectivity index (χ0v) is 10.6. The minimum absolute atomic E-state index is 0.136. The summed E-state index contributed by atoms with van der Waals surface area (Å²) in [5.41, 5.74) is 5.98. The molecule has 90 valence electrons. The quantitative estimate of drug-likeness (QED) is 0.681. The van der Waals surface area contributed by atoms with E-state index >= 15 is 0 Å². The molecule has 0 aliphatic carbocycles. The first-order valence-electron chi connectivity index (χ1n) is 5.08. The van der Waals surface area contributed by atoms with Gasteiger partial charge < -0.3 is 10.5 Å². The molecular weight excluding hydrogens is 234 g/mol. The van der Waals surface area contributed by atoms with Gasteiger partial charge in [-0.3, -0.25) is 0 Å². The number of hydrogen-bond acceptors (Lipinski definition) is 5. The third kappa shape index (κ3) is 5.75. The molecule has 2 atom stereocenters. The normalized spacial score (nSPS) is 24.3. The van der Waals surface area contributed by atoms with Gasteiger partial charge in [-0.25, -0.2) is 8.42 Å². The third-order valence-electron chi connectivity index (χ3n) is 2.48. The second-order valence-electron chi connectivity index (χ2n) is 3.99. The Morgan fingerprint density at radius 2 is 2.33 bits per heavy atom. The van der Waals surface area contributed by atoms with Gasteiger partial charge in [0, 0.05) is 36.3 Å². The van der Waals surface area contributed by atoms with Gasteiger partial charge in [0.1, 0.15) is 9.84 Å². The lowest BCUT2D eigenvalue weighted by Crippen LogP contribution is -2.33. The van der Waals surface area contributed by atoms with E-state index in [0.717, 1.165) is 25.4 Å². The summed E-state index contributed by atoms with van der Waals surface area (Å²) < 4.78 is 27.0. The molecule has 0 aromatic heterocycles. The maximum atomic E-state index is 10.9. The predicted molar refractivity (Wildman–Crippen MR) is 63.9 cm³/mol. The second kappa shape index (κ2) is 6.08. The zero-order valence-electron chi connectivity index (χ0n) is 9.02. The minimum atomic E-state index is -2.83. The van der Waals surface area contributed by atoms with Crippen LogP contribution in [0.2, 0.25) is 0 Å². The standard InChI is InChI=1S/C9H19NO3S2/c1-15(11,12)5-4-14-7-9(10)8-2-3-13-6-8/h8-9H,2-7,10H2,1H3. The zero-order chi connectivity index (χ0) is 11.3. The van der Waals surface area contributed by atoms with E-state index in [1.165, 1.54) is 6.26 Å². The molecule has 2 unspecified atom stereocenters. The maximum absolute atomic E-state index is 10.9. The van der Waals surface area contributed by atoms with Crippen LogP contribution in [-0.4, -0.2) is 51.2 Å². The van der Waals surface area contributed by atoms with Gasteiger partial charge in [0.05, 0.1) is 12.4 Å².